The fourth-order valence-corrected chi connectivity index (χ4v) is 3.18. The van der Waals surface area contributed by atoms with Gasteiger partial charge in [-0.25, -0.2) is 4.79 Å². The SMILES string of the molecule is COc1ccc2c(COC(=O)Cc3ccc4ccccc4c3)cc(=O)oc2c1. The molecule has 0 unspecified atom stereocenters. The van der Waals surface area contributed by atoms with Crippen molar-refractivity contribution in [1.29, 1.82) is 0 Å². The lowest BCUT2D eigenvalue weighted by atomic mass is 10.1. The maximum Gasteiger partial charge on any atom is 0.336 e. The molecule has 0 amide bonds. The average molecular weight is 374 g/mol. The van der Waals surface area contributed by atoms with E-state index in [1.54, 1.807) is 18.2 Å². The Hall–Kier alpha value is -3.60. The second-order valence-electron chi connectivity index (χ2n) is 6.47. The minimum absolute atomic E-state index is 0.000837. The second-order valence-corrected chi connectivity index (χ2v) is 6.47. The Labute approximate surface area is 161 Å². The fourth-order valence-electron chi connectivity index (χ4n) is 3.18. The third-order valence-electron chi connectivity index (χ3n) is 4.59. The first-order valence-electron chi connectivity index (χ1n) is 8.86. The Morgan fingerprint density at radius 1 is 0.964 bits per heavy atom. The lowest BCUT2D eigenvalue weighted by Crippen LogP contribution is -2.10. The molecule has 0 fully saturated rings. The van der Waals surface area contributed by atoms with Crippen LogP contribution < -0.4 is 10.4 Å². The van der Waals surface area contributed by atoms with Crippen molar-refractivity contribution >= 4 is 27.7 Å². The minimum Gasteiger partial charge on any atom is -0.497 e. The molecule has 5 heteroatoms. The van der Waals surface area contributed by atoms with Crippen LogP contribution >= 0.6 is 0 Å². The summed E-state index contributed by atoms with van der Waals surface area (Å²) in [6.45, 7) is 0.000837. The van der Waals surface area contributed by atoms with Crippen molar-refractivity contribution in [3.05, 3.63) is 88.3 Å². The van der Waals surface area contributed by atoms with Gasteiger partial charge >= 0.3 is 11.6 Å². The van der Waals surface area contributed by atoms with Crippen LogP contribution in [0.15, 0.2) is 75.9 Å². The van der Waals surface area contributed by atoms with Crippen molar-refractivity contribution in [3.8, 4) is 5.75 Å². The van der Waals surface area contributed by atoms with Gasteiger partial charge in [0.2, 0.25) is 0 Å². The Morgan fingerprint density at radius 2 is 1.79 bits per heavy atom. The molecule has 0 aliphatic rings. The van der Waals surface area contributed by atoms with Gasteiger partial charge in [0, 0.05) is 23.1 Å². The van der Waals surface area contributed by atoms with Crippen molar-refractivity contribution in [2.45, 2.75) is 13.0 Å². The Morgan fingerprint density at radius 3 is 2.61 bits per heavy atom. The summed E-state index contributed by atoms with van der Waals surface area (Å²) in [5.41, 5.74) is 1.38. The standard InChI is InChI=1S/C23H18O5/c1-26-19-8-9-20-18(12-23(25)28-21(20)13-19)14-27-22(24)11-15-6-7-16-4-2-3-5-17(16)10-15/h2-10,12-13H,11,14H2,1H3. The normalized spacial score (nSPS) is 10.9. The minimum atomic E-state index is -0.499. The fraction of sp³-hybridized carbons (Fsp3) is 0.130. The molecule has 0 atom stereocenters. The van der Waals surface area contributed by atoms with E-state index < -0.39 is 5.63 Å². The number of methoxy groups -OCH3 is 1. The molecule has 0 spiro atoms. The van der Waals surface area contributed by atoms with Crippen LogP contribution in [0.5, 0.6) is 5.75 Å². The first-order valence-corrected chi connectivity index (χ1v) is 8.86. The van der Waals surface area contributed by atoms with Gasteiger partial charge in [-0.1, -0.05) is 42.5 Å². The lowest BCUT2D eigenvalue weighted by Gasteiger charge is -2.09. The van der Waals surface area contributed by atoms with E-state index >= 15 is 0 Å². The summed E-state index contributed by atoms with van der Waals surface area (Å²) in [5, 5.41) is 2.91. The molecule has 1 heterocycles. The molecule has 0 saturated heterocycles. The van der Waals surface area contributed by atoms with E-state index in [1.807, 2.05) is 42.5 Å². The van der Waals surface area contributed by atoms with Crippen molar-refractivity contribution in [2.75, 3.05) is 7.11 Å². The molecule has 4 aromatic rings. The largest absolute Gasteiger partial charge is 0.497 e. The number of hydrogen-bond donors (Lipinski definition) is 0. The second kappa shape index (κ2) is 7.56. The van der Waals surface area contributed by atoms with E-state index in [0.717, 1.165) is 16.3 Å². The molecule has 0 aliphatic heterocycles. The first-order chi connectivity index (χ1) is 13.6. The number of fused-ring (bicyclic) bond motifs is 2. The molecule has 3 aromatic carbocycles. The maximum absolute atomic E-state index is 12.3. The highest BCUT2D eigenvalue weighted by atomic mass is 16.5. The van der Waals surface area contributed by atoms with Crippen LogP contribution in [0.3, 0.4) is 0 Å². The van der Waals surface area contributed by atoms with Gasteiger partial charge in [0.1, 0.15) is 17.9 Å². The summed E-state index contributed by atoms with van der Waals surface area (Å²) in [6.07, 6.45) is 0.165. The molecular formula is C23H18O5. The highest BCUT2D eigenvalue weighted by Gasteiger charge is 2.11. The van der Waals surface area contributed by atoms with E-state index in [4.69, 9.17) is 13.9 Å². The number of benzene rings is 3. The van der Waals surface area contributed by atoms with Gasteiger partial charge in [-0.15, -0.1) is 0 Å². The molecule has 0 N–H and O–H groups in total. The van der Waals surface area contributed by atoms with Crippen molar-refractivity contribution in [3.63, 3.8) is 0 Å². The quantitative estimate of drug-likeness (QED) is 0.386. The van der Waals surface area contributed by atoms with Crippen LogP contribution in [-0.2, 0) is 22.6 Å². The lowest BCUT2D eigenvalue weighted by molar-refractivity contribution is -0.144. The maximum atomic E-state index is 12.3. The van der Waals surface area contributed by atoms with Gasteiger partial charge in [-0.2, -0.15) is 0 Å². The zero-order chi connectivity index (χ0) is 19.5. The molecule has 1 aromatic heterocycles. The third kappa shape index (κ3) is 3.74. The number of carbonyl (C=O) groups is 1. The summed E-state index contributed by atoms with van der Waals surface area (Å²) >= 11 is 0. The zero-order valence-electron chi connectivity index (χ0n) is 15.3. The molecule has 28 heavy (non-hydrogen) atoms. The summed E-state index contributed by atoms with van der Waals surface area (Å²) < 4.78 is 15.8. The zero-order valence-corrected chi connectivity index (χ0v) is 15.3. The number of hydrogen-bond acceptors (Lipinski definition) is 5. The smallest absolute Gasteiger partial charge is 0.336 e. The van der Waals surface area contributed by atoms with Crippen LogP contribution in [0.4, 0.5) is 0 Å². The van der Waals surface area contributed by atoms with Crippen molar-refractivity contribution < 1.29 is 18.7 Å². The summed E-state index contributed by atoms with van der Waals surface area (Å²) in [6, 6.07) is 20.4. The average Bonchev–Trinajstić information content (AvgIpc) is 2.71. The van der Waals surface area contributed by atoms with Gasteiger partial charge in [0.05, 0.1) is 13.5 Å². The number of carbonyl (C=O) groups excluding carboxylic acids is 1. The van der Waals surface area contributed by atoms with Crippen LogP contribution in [0.1, 0.15) is 11.1 Å². The number of ether oxygens (including phenoxy) is 2. The topological polar surface area (TPSA) is 65.7 Å². The number of rotatable bonds is 5. The van der Waals surface area contributed by atoms with E-state index in [2.05, 4.69) is 0 Å². The van der Waals surface area contributed by atoms with E-state index in [-0.39, 0.29) is 19.0 Å². The Balaban J connectivity index is 1.50. The van der Waals surface area contributed by atoms with Crippen LogP contribution in [0.2, 0.25) is 0 Å². The summed E-state index contributed by atoms with van der Waals surface area (Å²) in [7, 11) is 1.54. The van der Waals surface area contributed by atoms with Crippen LogP contribution in [0, 0.1) is 0 Å². The van der Waals surface area contributed by atoms with Crippen LogP contribution in [-0.4, -0.2) is 13.1 Å². The number of esters is 1. The van der Waals surface area contributed by atoms with Crippen LogP contribution in [0.25, 0.3) is 21.7 Å². The van der Waals surface area contributed by atoms with Gasteiger partial charge < -0.3 is 13.9 Å². The molecular weight excluding hydrogens is 356 g/mol. The molecule has 0 saturated carbocycles. The van der Waals surface area contributed by atoms with E-state index in [0.29, 0.717) is 22.3 Å². The molecule has 5 nitrogen and oxygen atoms in total. The summed E-state index contributed by atoms with van der Waals surface area (Å²) in [4.78, 5) is 24.1. The van der Waals surface area contributed by atoms with Gasteiger partial charge in [0.15, 0.2) is 0 Å². The highest BCUT2D eigenvalue weighted by Crippen LogP contribution is 2.23. The molecule has 140 valence electrons. The van der Waals surface area contributed by atoms with E-state index in [1.165, 1.54) is 13.2 Å². The predicted octanol–water partition coefficient (Wildman–Crippen LogP) is 4.24. The molecule has 0 bridgehead atoms. The molecule has 4 rings (SSSR count). The van der Waals surface area contributed by atoms with Gasteiger partial charge in [-0.3, -0.25) is 4.79 Å². The van der Waals surface area contributed by atoms with Gasteiger partial charge in [-0.05, 0) is 28.5 Å². The van der Waals surface area contributed by atoms with Crippen molar-refractivity contribution in [2.24, 2.45) is 0 Å². The Kier molecular flexibility index (Phi) is 4.81. The predicted molar refractivity (Wildman–Crippen MR) is 106 cm³/mol. The molecule has 0 aliphatic carbocycles. The molecule has 0 radical (unpaired) electrons. The van der Waals surface area contributed by atoms with Crippen molar-refractivity contribution in [1.82, 2.24) is 0 Å². The van der Waals surface area contributed by atoms with E-state index in [9.17, 15) is 9.59 Å². The van der Waals surface area contributed by atoms with Gasteiger partial charge in [0.25, 0.3) is 0 Å². The summed E-state index contributed by atoms with van der Waals surface area (Å²) in [5.74, 6) is 0.228. The third-order valence-corrected chi connectivity index (χ3v) is 4.59. The monoisotopic (exact) mass is 374 g/mol. The first kappa shape index (κ1) is 17.8. The Bertz CT molecular complexity index is 1220. The highest BCUT2D eigenvalue weighted by molar-refractivity contribution is 5.85.